The van der Waals surface area contributed by atoms with Crippen molar-refractivity contribution in [2.75, 3.05) is 25.5 Å². The molecule has 0 spiro atoms. The van der Waals surface area contributed by atoms with Crippen molar-refractivity contribution in [1.29, 1.82) is 0 Å². The van der Waals surface area contributed by atoms with Gasteiger partial charge in [-0.05, 0) is 30.0 Å². The molecule has 1 aromatic carbocycles. The van der Waals surface area contributed by atoms with Crippen molar-refractivity contribution in [2.24, 2.45) is 11.7 Å². The van der Waals surface area contributed by atoms with Crippen molar-refractivity contribution in [2.45, 2.75) is 20.3 Å². The van der Waals surface area contributed by atoms with Gasteiger partial charge in [-0.2, -0.15) is 0 Å². The van der Waals surface area contributed by atoms with Gasteiger partial charge in [-0.1, -0.05) is 26.0 Å². The van der Waals surface area contributed by atoms with Crippen LogP contribution in [0.3, 0.4) is 0 Å². The van der Waals surface area contributed by atoms with Gasteiger partial charge in [-0.25, -0.2) is 0 Å². The maximum Gasteiger partial charge on any atom is 0.0455 e. The molecule has 0 aromatic heterocycles. The summed E-state index contributed by atoms with van der Waals surface area (Å²) in [6, 6.07) is 8.06. The molecule has 0 bridgehead atoms. The molecule has 3 heteroatoms. The van der Waals surface area contributed by atoms with Crippen LogP contribution >= 0.6 is 0 Å². The van der Waals surface area contributed by atoms with Crippen molar-refractivity contribution in [3.63, 3.8) is 0 Å². The quantitative estimate of drug-likeness (QED) is 0.567. The van der Waals surface area contributed by atoms with Crippen molar-refractivity contribution in [1.82, 2.24) is 4.90 Å². The molecule has 0 atom stereocenters. The van der Waals surface area contributed by atoms with E-state index in [9.17, 15) is 0 Å². The van der Waals surface area contributed by atoms with Crippen LogP contribution in [0.4, 0.5) is 5.69 Å². The number of hydrogen-bond donors (Lipinski definition) is 2. The number of nitrogens with zero attached hydrogens (tertiary/aromatic N) is 1. The number of hydrogen-bond acceptors (Lipinski definition) is 3. The van der Waals surface area contributed by atoms with E-state index in [1.807, 2.05) is 12.1 Å². The van der Waals surface area contributed by atoms with Crippen LogP contribution in [0, 0.1) is 5.92 Å². The molecule has 1 aromatic rings. The van der Waals surface area contributed by atoms with E-state index in [4.69, 9.17) is 11.5 Å². The maximum absolute atomic E-state index is 5.72. The summed E-state index contributed by atoms with van der Waals surface area (Å²) in [6.07, 6.45) is 1.03. The van der Waals surface area contributed by atoms with E-state index in [0.29, 0.717) is 12.6 Å². The molecule has 4 N–H and O–H groups in total. The number of anilines is 1. The minimum absolute atomic E-state index is 0.632. The standard InChI is InChI=1S/C13H23N3/c1-11(2)9-16(10-14)8-7-12-3-5-13(15)6-4-12/h3-6,11H,7-10,14-15H2,1-2H3. The molecular weight excluding hydrogens is 198 g/mol. The van der Waals surface area contributed by atoms with Crippen LogP contribution in [0.15, 0.2) is 24.3 Å². The Morgan fingerprint density at radius 1 is 1.19 bits per heavy atom. The first-order chi connectivity index (χ1) is 7.61. The Kier molecular flexibility index (Phi) is 5.29. The van der Waals surface area contributed by atoms with E-state index in [-0.39, 0.29) is 0 Å². The zero-order chi connectivity index (χ0) is 12.0. The topological polar surface area (TPSA) is 55.3 Å². The predicted molar refractivity (Wildman–Crippen MR) is 70.0 cm³/mol. The molecule has 0 fully saturated rings. The van der Waals surface area contributed by atoms with Gasteiger partial charge >= 0.3 is 0 Å². The molecule has 3 nitrogen and oxygen atoms in total. The fourth-order valence-electron chi connectivity index (χ4n) is 1.75. The molecule has 0 aliphatic heterocycles. The zero-order valence-electron chi connectivity index (χ0n) is 10.3. The summed E-state index contributed by atoms with van der Waals surface area (Å²) in [5, 5.41) is 0. The molecule has 16 heavy (non-hydrogen) atoms. The van der Waals surface area contributed by atoms with Crippen molar-refractivity contribution < 1.29 is 0 Å². The van der Waals surface area contributed by atoms with Crippen LogP contribution in [0.25, 0.3) is 0 Å². The second kappa shape index (κ2) is 6.51. The van der Waals surface area contributed by atoms with Crippen LogP contribution in [-0.2, 0) is 6.42 Å². The van der Waals surface area contributed by atoms with Gasteiger partial charge in [0, 0.05) is 25.4 Å². The van der Waals surface area contributed by atoms with Gasteiger partial charge in [-0.15, -0.1) is 0 Å². The summed E-state index contributed by atoms with van der Waals surface area (Å²) < 4.78 is 0. The Bertz CT molecular complexity index is 293. The highest BCUT2D eigenvalue weighted by molar-refractivity contribution is 5.39. The molecule has 0 heterocycles. The van der Waals surface area contributed by atoms with Crippen LogP contribution in [0.2, 0.25) is 0 Å². The van der Waals surface area contributed by atoms with Gasteiger partial charge in [-0.3, -0.25) is 4.90 Å². The van der Waals surface area contributed by atoms with E-state index < -0.39 is 0 Å². The first-order valence-corrected chi connectivity index (χ1v) is 5.88. The van der Waals surface area contributed by atoms with Crippen LogP contribution in [0.5, 0.6) is 0 Å². The molecule has 1 rings (SSSR count). The van der Waals surface area contributed by atoms with Gasteiger partial charge in [0.2, 0.25) is 0 Å². The van der Waals surface area contributed by atoms with E-state index in [2.05, 4.69) is 30.9 Å². The van der Waals surface area contributed by atoms with Crippen LogP contribution < -0.4 is 11.5 Å². The van der Waals surface area contributed by atoms with Gasteiger partial charge in [0.15, 0.2) is 0 Å². The van der Waals surface area contributed by atoms with Gasteiger partial charge in [0.1, 0.15) is 0 Å². The molecule has 0 amide bonds. The highest BCUT2D eigenvalue weighted by Crippen LogP contribution is 2.07. The van der Waals surface area contributed by atoms with Crippen molar-refractivity contribution >= 4 is 5.69 Å². The van der Waals surface area contributed by atoms with Crippen LogP contribution in [0.1, 0.15) is 19.4 Å². The van der Waals surface area contributed by atoms with Gasteiger partial charge in [0.05, 0.1) is 0 Å². The maximum atomic E-state index is 5.72. The third-order valence-electron chi connectivity index (χ3n) is 2.58. The molecule has 0 aliphatic rings. The lowest BCUT2D eigenvalue weighted by Gasteiger charge is -2.22. The van der Waals surface area contributed by atoms with Crippen molar-refractivity contribution in [3.8, 4) is 0 Å². The summed E-state index contributed by atoms with van der Waals surface area (Å²) in [7, 11) is 0. The average molecular weight is 221 g/mol. The first-order valence-electron chi connectivity index (χ1n) is 5.88. The average Bonchev–Trinajstić information content (AvgIpc) is 2.26. The zero-order valence-corrected chi connectivity index (χ0v) is 10.3. The fourth-order valence-corrected chi connectivity index (χ4v) is 1.75. The van der Waals surface area contributed by atoms with Crippen LogP contribution in [-0.4, -0.2) is 24.7 Å². The van der Waals surface area contributed by atoms with Gasteiger partial charge < -0.3 is 11.5 Å². The minimum atomic E-state index is 0.632. The molecule has 0 unspecified atom stereocenters. The molecular formula is C13H23N3. The summed E-state index contributed by atoms with van der Waals surface area (Å²) in [5.74, 6) is 0.662. The SMILES string of the molecule is CC(C)CN(CN)CCc1ccc(N)cc1. The smallest absolute Gasteiger partial charge is 0.0455 e. The lowest BCUT2D eigenvalue weighted by molar-refractivity contribution is 0.253. The van der Waals surface area contributed by atoms with E-state index in [0.717, 1.165) is 25.2 Å². The Morgan fingerprint density at radius 2 is 1.81 bits per heavy atom. The lowest BCUT2D eigenvalue weighted by atomic mass is 10.1. The second-order valence-electron chi connectivity index (χ2n) is 4.65. The third kappa shape index (κ3) is 4.64. The third-order valence-corrected chi connectivity index (χ3v) is 2.58. The Hall–Kier alpha value is -1.06. The van der Waals surface area contributed by atoms with E-state index in [1.54, 1.807) is 0 Å². The fraction of sp³-hybridized carbons (Fsp3) is 0.538. The van der Waals surface area contributed by atoms with Gasteiger partial charge in [0.25, 0.3) is 0 Å². The molecule has 0 aliphatic carbocycles. The predicted octanol–water partition coefficient (Wildman–Crippen LogP) is 1.69. The largest absolute Gasteiger partial charge is 0.399 e. The normalized spacial score (nSPS) is 11.3. The number of nitrogens with two attached hydrogens (primary N) is 2. The number of nitrogen functional groups attached to an aromatic ring is 1. The highest BCUT2D eigenvalue weighted by Gasteiger charge is 2.05. The number of rotatable bonds is 6. The highest BCUT2D eigenvalue weighted by atomic mass is 15.2. The summed E-state index contributed by atoms with van der Waals surface area (Å²) in [6.45, 7) is 7.13. The van der Waals surface area contributed by atoms with E-state index in [1.165, 1.54) is 5.56 Å². The minimum Gasteiger partial charge on any atom is -0.399 e. The second-order valence-corrected chi connectivity index (χ2v) is 4.65. The van der Waals surface area contributed by atoms with E-state index >= 15 is 0 Å². The summed E-state index contributed by atoms with van der Waals surface area (Å²) >= 11 is 0. The molecule has 0 radical (unpaired) electrons. The monoisotopic (exact) mass is 221 g/mol. The number of benzene rings is 1. The Morgan fingerprint density at radius 3 is 2.31 bits per heavy atom. The van der Waals surface area contributed by atoms with Crippen molar-refractivity contribution in [3.05, 3.63) is 29.8 Å². The summed E-state index contributed by atoms with van der Waals surface area (Å²) in [4.78, 5) is 2.28. The molecule has 0 saturated heterocycles. The Labute approximate surface area is 98.4 Å². The lowest BCUT2D eigenvalue weighted by Crippen LogP contribution is -2.34. The molecule has 90 valence electrons. The first kappa shape index (κ1) is 13.0. The molecule has 0 saturated carbocycles. The Balaban J connectivity index is 2.40. The summed E-state index contributed by atoms with van der Waals surface area (Å²) in [5.41, 5.74) is 13.5.